The summed E-state index contributed by atoms with van der Waals surface area (Å²) in [5, 5.41) is 10.6. The third-order valence-electron chi connectivity index (χ3n) is 2.93. The van der Waals surface area contributed by atoms with Crippen LogP contribution in [0.2, 0.25) is 0 Å². The molecule has 0 aromatic heterocycles. The molecule has 1 aliphatic rings. The molecule has 0 fully saturated rings. The van der Waals surface area contributed by atoms with Crippen molar-refractivity contribution in [1.29, 1.82) is 0 Å². The van der Waals surface area contributed by atoms with Gasteiger partial charge in [0.2, 0.25) is 0 Å². The Morgan fingerprint density at radius 3 is 2.45 bits per heavy atom. The highest BCUT2D eigenvalue weighted by Crippen LogP contribution is 2.35. The fourth-order valence-corrected chi connectivity index (χ4v) is 1.93. The maximum absolute atomic E-state index is 11.7. The van der Waals surface area contributed by atoms with Crippen molar-refractivity contribution < 1.29 is 23.9 Å². The predicted molar refractivity (Wildman–Crippen MR) is 67.8 cm³/mol. The van der Waals surface area contributed by atoms with Crippen LogP contribution in [0.25, 0.3) is 0 Å². The van der Waals surface area contributed by atoms with E-state index in [-0.39, 0.29) is 5.69 Å². The Bertz CT molecular complexity index is 550. The van der Waals surface area contributed by atoms with Crippen molar-refractivity contribution in [3.63, 3.8) is 0 Å². The number of hydrogen-bond acceptors (Lipinski definition) is 6. The highest BCUT2D eigenvalue weighted by Gasteiger charge is 2.33. The van der Waals surface area contributed by atoms with Gasteiger partial charge in [-0.25, -0.2) is 4.79 Å². The zero-order valence-corrected chi connectivity index (χ0v) is 10.9. The van der Waals surface area contributed by atoms with Crippen LogP contribution < -0.4 is 0 Å². The first-order valence-corrected chi connectivity index (χ1v) is 5.79. The molecule has 1 aromatic rings. The second-order valence-electron chi connectivity index (χ2n) is 4.08. The van der Waals surface area contributed by atoms with Gasteiger partial charge in [-0.1, -0.05) is 0 Å². The predicted octanol–water partition coefficient (Wildman–Crippen LogP) is 1.74. The summed E-state index contributed by atoms with van der Waals surface area (Å²) in [7, 11) is 2.73. The minimum atomic E-state index is -0.659. The van der Waals surface area contributed by atoms with Gasteiger partial charge in [-0.3, -0.25) is 10.1 Å². The lowest BCUT2D eigenvalue weighted by Gasteiger charge is -2.15. The van der Waals surface area contributed by atoms with Crippen molar-refractivity contribution in [2.24, 2.45) is 0 Å². The molecule has 0 spiro atoms. The molecule has 0 saturated heterocycles. The van der Waals surface area contributed by atoms with Gasteiger partial charge in [-0.2, -0.15) is 0 Å². The van der Waals surface area contributed by atoms with Crippen molar-refractivity contribution >= 4 is 11.7 Å². The SMILES string of the molecule is COC(=O)C1=CC(OC)OC1c1ccc([N+](=O)[O-])cc1. The average molecular weight is 279 g/mol. The summed E-state index contributed by atoms with van der Waals surface area (Å²) >= 11 is 0. The molecule has 0 bridgehead atoms. The van der Waals surface area contributed by atoms with Gasteiger partial charge in [0, 0.05) is 19.2 Å². The molecule has 0 saturated carbocycles. The van der Waals surface area contributed by atoms with E-state index in [0.717, 1.165) is 0 Å². The number of carbonyl (C=O) groups is 1. The minimum Gasteiger partial charge on any atom is -0.466 e. The molecule has 7 heteroatoms. The van der Waals surface area contributed by atoms with Crippen molar-refractivity contribution in [1.82, 2.24) is 0 Å². The zero-order valence-electron chi connectivity index (χ0n) is 10.9. The van der Waals surface area contributed by atoms with E-state index in [0.29, 0.717) is 11.1 Å². The van der Waals surface area contributed by atoms with Crippen molar-refractivity contribution in [2.45, 2.75) is 12.4 Å². The Kier molecular flexibility index (Phi) is 4.11. The smallest absolute Gasteiger partial charge is 0.336 e. The number of nitrogens with zero attached hydrogens (tertiary/aromatic N) is 1. The van der Waals surface area contributed by atoms with E-state index in [1.54, 1.807) is 0 Å². The highest BCUT2D eigenvalue weighted by molar-refractivity contribution is 5.90. The second-order valence-corrected chi connectivity index (χ2v) is 4.08. The number of carbonyl (C=O) groups excluding carboxylic acids is 1. The number of benzene rings is 1. The first kappa shape index (κ1) is 14.2. The molecule has 0 N–H and O–H groups in total. The van der Waals surface area contributed by atoms with Crippen LogP contribution in [-0.4, -0.2) is 31.4 Å². The maximum Gasteiger partial charge on any atom is 0.336 e. The molecule has 20 heavy (non-hydrogen) atoms. The third kappa shape index (κ3) is 2.68. The number of non-ortho nitro benzene ring substituents is 1. The summed E-state index contributed by atoms with van der Waals surface area (Å²) in [4.78, 5) is 21.8. The monoisotopic (exact) mass is 279 g/mol. The minimum absolute atomic E-state index is 0.0290. The normalized spacial score (nSPS) is 21.4. The van der Waals surface area contributed by atoms with E-state index in [1.165, 1.54) is 44.6 Å². The number of nitro benzene ring substituents is 1. The van der Waals surface area contributed by atoms with E-state index in [2.05, 4.69) is 4.74 Å². The second kappa shape index (κ2) is 5.81. The van der Waals surface area contributed by atoms with E-state index >= 15 is 0 Å². The first-order valence-electron chi connectivity index (χ1n) is 5.79. The summed E-state index contributed by atoms with van der Waals surface area (Å²) in [5.74, 6) is -0.520. The molecule has 0 aliphatic carbocycles. The molecule has 1 aromatic carbocycles. The molecular weight excluding hydrogens is 266 g/mol. The van der Waals surface area contributed by atoms with Gasteiger partial charge in [-0.05, 0) is 23.8 Å². The third-order valence-corrected chi connectivity index (χ3v) is 2.93. The van der Waals surface area contributed by atoms with Crippen LogP contribution in [0.1, 0.15) is 11.7 Å². The van der Waals surface area contributed by atoms with Gasteiger partial charge >= 0.3 is 5.97 Å². The number of methoxy groups -OCH3 is 2. The van der Waals surface area contributed by atoms with Crippen LogP contribution in [0.15, 0.2) is 35.9 Å². The molecule has 0 amide bonds. The number of nitro groups is 1. The van der Waals surface area contributed by atoms with Gasteiger partial charge in [0.25, 0.3) is 5.69 Å². The highest BCUT2D eigenvalue weighted by atomic mass is 16.7. The van der Waals surface area contributed by atoms with Gasteiger partial charge < -0.3 is 14.2 Å². The lowest BCUT2D eigenvalue weighted by atomic mass is 10.0. The molecule has 1 heterocycles. The molecule has 2 unspecified atom stereocenters. The first-order chi connectivity index (χ1) is 9.56. The number of esters is 1. The summed E-state index contributed by atoms with van der Waals surface area (Å²) in [5.41, 5.74) is 0.902. The molecule has 1 aliphatic heterocycles. The molecule has 2 atom stereocenters. The quantitative estimate of drug-likeness (QED) is 0.474. The Hall–Kier alpha value is -2.25. The molecule has 7 nitrogen and oxygen atoms in total. The van der Waals surface area contributed by atoms with E-state index in [9.17, 15) is 14.9 Å². The number of ether oxygens (including phenoxy) is 3. The van der Waals surface area contributed by atoms with Crippen molar-refractivity contribution in [2.75, 3.05) is 14.2 Å². The fourth-order valence-electron chi connectivity index (χ4n) is 1.93. The van der Waals surface area contributed by atoms with Gasteiger partial charge in [0.05, 0.1) is 17.6 Å². The lowest BCUT2D eigenvalue weighted by molar-refractivity contribution is -0.384. The van der Waals surface area contributed by atoms with Crippen LogP contribution in [-0.2, 0) is 19.0 Å². The van der Waals surface area contributed by atoms with E-state index in [1.807, 2.05) is 0 Å². The molecule has 0 radical (unpaired) electrons. The maximum atomic E-state index is 11.7. The average Bonchev–Trinajstić information content (AvgIpc) is 2.90. The fraction of sp³-hybridized carbons (Fsp3) is 0.308. The van der Waals surface area contributed by atoms with Crippen LogP contribution >= 0.6 is 0 Å². The van der Waals surface area contributed by atoms with Crippen molar-refractivity contribution in [3.05, 3.63) is 51.6 Å². The Balaban J connectivity index is 2.28. The largest absolute Gasteiger partial charge is 0.466 e. The van der Waals surface area contributed by atoms with Crippen molar-refractivity contribution in [3.8, 4) is 0 Å². The summed E-state index contributed by atoms with van der Waals surface area (Å²) < 4.78 is 15.3. The molecular formula is C13H13NO6. The summed E-state index contributed by atoms with van der Waals surface area (Å²) in [6.07, 6.45) is 0.218. The van der Waals surface area contributed by atoms with Gasteiger partial charge in [0.1, 0.15) is 6.10 Å². The summed E-state index contributed by atoms with van der Waals surface area (Å²) in [6.45, 7) is 0. The van der Waals surface area contributed by atoms with Crippen LogP contribution in [0.3, 0.4) is 0 Å². The van der Waals surface area contributed by atoms with E-state index in [4.69, 9.17) is 9.47 Å². The van der Waals surface area contributed by atoms with Gasteiger partial charge in [0.15, 0.2) is 6.29 Å². The van der Waals surface area contributed by atoms with Gasteiger partial charge in [-0.15, -0.1) is 0 Å². The molecule has 106 valence electrons. The summed E-state index contributed by atoms with van der Waals surface area (Å²) in [6, 6.07) is 5.79. The number of hydrogen-bond donors (Lipinski definition) is 0. The van der Waals surface area contributed by atoms with Crippen LogP contribution in [0, 0.1) is 10.1 Å². The Morgan fingerprint density at radius 2 is 1.95 bits per heavy atom. The molecule has 2 rings (SSSR count). The van der Waals surface area contributed by atoms with E-state index < -0.39 is 23.3 Å². The standard InChI is InChI=1S/C13H13NO6/c1-18-11-7-10(13(15)19-2)12(20-11)8-3-5-9(6-4-8)14(16)17/h3-7,11-12H,1-2H3. The Labute approximate surface area is 114 Å². The number of rotatable bonds is 4. The zero-order chi connectivity index (χ0) is 14.7. The Morgan fingerprint density at radius 1 is 1.30 bits per heavy atom. The topological polar surface area (TPSA) is 87.9 Å². The van der Waals surface area contributed by atoms with Crippen LogP contribution in [0.4, 0.5) is 5.69 Å². The van der Waals surface area contributed by atoms with Crippen LogP contribution in [0.5, 0.6) is 0 Å². The lowest BCUT2D eigenvalue weighted by Crippen LogP contribution is -2.13.